The lowest BCUT2D eigenvalue weighted by Gasteiger charge is -2.18. The summed E-state index contributed by atoms with van der Waals surface area (Å²) in [7, 11) is 1.08. The molecule has 0 saturated carbocycles. The number of ether oxygens (including phenoxy) is 1. The fraction of sp³-hybridized carbons (Fsp3) is 0.158. The van der Waals surface area contributed by atoms with Gasteiger partial charge in [0.25, 0.3) is 5.56 Å². The summed E-state index contributed by atoms with van der Waals surface area (Å²) in [6.45, 7) is 1.64. The average molecular weight is 411 g/mol. The number of carbonyl (C=O) groups excluding carboxylic acids is 1. The highest BCUT2D eigenvalue weighted by atomic mass is 35.5. The van der Waals surface area contributed by atoms with Crippen LogP contribution in [-0.4, -0.2) is 17.6 Å². The second-order valence-corrected chi connectivity index (χ2v) is 6.52. The third kappa shape index (κ3) is 3.20. The molecule has 28 heavy (non-hydrogen) atoms. The Balaban J connectivity index is 2.54. The SMILES string of the molecule is COC(=O)c1c(N)c2ccc(C(F)(F)F)cc2n(-c2ccc(Cl)cc2C)c1=O. The van der Waals surface area contributed by atoms with Crippen molar-refractivity contribution in [2.24, 2.45) is 0 Å². The molecule has 0 amide bonds. The first-order valence-electron chi connectivity index (χ1n) is 7.96. The second kappa shape index (κ2) is 6.87. The Hall–Kier alpha value is -3.00. The van der Waals surface area contributed by atoms with Crippen LogP contribution in [0.15, 0.2) is 41.2 Å². The van der Waals surface area contributed by atoms with Crippen LogP contribution >= 0.6 is 11.6 Å². The van der Waals surface area contributed by atoms with Crippen molar-refractivity contribution in [2.45, 2.75) is 13.1 Å². The molecular formula is C19H14ClF3N2O3. The summed E-state index contributed by atoms with van der Waals surface area (Å²) in [6.07, 6.45) is -4.63. The summed E-state index contributed by atoms with van der Waals surface area (Å²) >= 11 is 5.95. The molecule has 0 aliphatic rings. The number of esters is 1. The molecule has 0 aliphatic carbocycles. The number of nitrogens with zero attached hydrogens (tertiary/aromatic N) is 1. The minimum atomic E-state index is -4.63. The molecule has 0 atom stereocenters. The predicted octanol–water partition coefficient (Wildman–Crippen LogP) is 4.34. The fourth-order valence-corrected chi connectivity index (χ4v) is 3.23. The monoisotopic (exact) mass is 410 g/mol. The molecule has 0 spiro atoms. The highest BCUT2D eigenvalue weighted by Crippen LogP contribution is 2.34. The third-order valence-corrected chi connectivity index (χ3v) is 4.57. The number of hydrogen-bond acceptors (Lipinski definition) is 4. The van der Waals surface area contributed by atoms with E-state index < -0.39 is 28.8 Å². The number of fused-ring (bicyclic) bond motifs is 1. The Morgan fingerprint density at radius 3 is 2.43 bits per heavy atom. The number of benzene rings is 2. The molecule has 0 aliphatic heterocycles. The van der Waals surface area contributed by atoms with E-state index in [2.05, 4.69) is 4.74 Å². The number of pyridine rings is 1. The van der Waals surface area contributed by atoms with Crippen molar-refractivity contribution < 1.29 is 22.7 Å². The number of methoxy groups -OCH3 is 1. The van der Waals surface area contributed by atoms with Gasteiger partial charge in [0.1, 0.15) is 5.56 Å². The Kier molecular flexibility index (Phi) is 4.84. The molecule has 0 unspecified atom stereocenters. The van der Waals surface area contributed by atoms with Crippen LogP contribution < -0.4 is 11.3 Å². The highest BCUT2D eigenvalue weighted by Gasteiger charge is 2.32. The number of alkyl halides is 3. The highest BCUT2D eigenvalue weighted by molar-refractivity contribution is 6.30. The van der Waals surface area contributed by atoms with Gasteiger partial charge < -0.3 is 10.5 Å². The van der Waals surface area contributed by atoms with Gasteiger partial charge in [0.2, 0.25) is 0 Å². The van der Waals surface area contributed by atoms with E-state index in [1.54, 1.807) is 13.0 Å². The van der Waals surface area contributed by atoms with Gasteiger partial charge in [0.15, 0.2) is 0 Å². The Labute approximate surface area is 162 Å². The molecule has 5 nitrogen and oxygen atoms in total. The molecule has 0 radical (unpaired) electrons. The van der Waals surface area contributed by atoms with Gasteiger partial charge in [-0.15, -0.1) is 0 Å². The lowest BCUT2D eigenvalue weighted by Crippen LogP contribution is -2.28. The fourth-order valence-electron chi connectivity index (χ4n) is 3.00. The van der Waals surface area contributed by atoms with Gasteiger partial charge in [-0.05, 0) is 42.8 Å². The molecule has 9 heteroatoms. The van der Waals surface area contributed by atoms with Crippen molar-refractivity contribution in [3.05, 3.63) is 68.5 Å². The van der Waals surface area contributed by atoms with E-state index in [0.717, 1.165) is 29.9 Å². The molecule has 1 aromatic heterocycles. The first-order chi connectivity index (χ1) is 13.1. The number of nitrogens with two attached hydrogens (primary N) is 1. The summed E-state index contributed by atoms with van der Waals surface area (Å²) in [5.74, 6) is -0.982. The molecule has 0 fully saturated rings. The molecule has 0 saturated heterocycles. The Morgan fingerprint density at radius 1 is 1.18 bits per heavy atom. The van der Waals surface area contributed by atoms with E-state index in [4.69, 9.17) is 17.3 Å². The average Bonchev–Trinajstić information content (AvgIpc) is 2.62. The topological polar surface area (TPSA) is 74.3 Å². The van der Waals surface area contributed by atoms with E-state index in [-0.39, 0.29) is 22.3 Å². The van der Waals surface area contributed by atoms with Crippen LogP contribution in [0.2, 0.25) is 5.02 Å². The van der Waals surface area contributed by atoms with Crippen molar-refractivity contribution in [1.82, 2.24) is 4.57 Å². The Bertz CT molecular complexity index is 1170. The molecular weight excluding hydrogens is 397 g/mol. The maximum absolute atomic E-state index is 13.2. The molecule has 3 rings (SSSR count). The van der Waals surface area contributed by atoms with E-state index in [1.165, 1.54) is 12.1 Å². The first kappa shape index (κ1) is 19.8. The zero-order valence-electron chi connectivity index (χ0n) is 14.7. The number of halogens is 4. The van der Waals surface area contributed by atoms with Gasteiger partial charge in [0, 0.05) is 10.4 Å². The first-order valence-corrected chi connectivity index (χ1v) is 8.34. The molecule has 146 valence electrons. The molecule has 1 heterocycles. The third-order valence-electron chi connectivity index (χ3n) is 4.33. The number of carbonyl (C=O) groups is 1. The van der Waals surface area contributed by atoms with Crippen molar-refractivity contribution in [1.29, 1.82) is 0 Å². The van der Waals surface area contributed by atoms with E-state index in [0.29, 0.717) is 10.6 Å². The van der Waals surface area contributed by atoms with Crippen LogP contribution in [-0.2, 0) is 10.9 Å². The number of rotatable bonds is 2. The molecule has 2 aromatic carbocycles. The zero-order valence-corrected chi connectivity index (χ0v) is 15.5. The number of hydrogen-bond donors (Lipinski definition) is 1. The minimum absolute atomic E-state index is 0.0876. The van der Waals surface area contributed by atoms with Crippen LogP contribution in [0, 0.1) is 6.92 Å². The lowest BCUT2D eigenvalue weighted by atomic mass is 10.0. The summed E-state index contributed by atoms with van der Waals surface area (Å²) in [5.41, 5.74) is 4.11. The minimum Gasteiger partial charge on any atom is -0.465 e. The van der Waals surface area contributed by atoms with Gasteiger partial charge >= 0.3 is 12.1 Å². The quantitative estimate of drug-likeness (QED) is 0.638. The van der Waals surface area contributed by atoms with Crippen LogP contribution in [0.5, 0.6) is 0 Å². The maximum atomic E-state index is 13.2. The summed E-state index contributed by atoms with van der Waals surface area (Å²) < 4.78 is 45.3. The van der Waals surface area contributed by atoms with Crippen molar-refractivity contribution in [3.63, 3.8) is 0 Å². The number of aromatic nitrogens is 1. The van der Waals surface area contributed by atoms with E-state index in [1.807, 2.05) is 0 Å². The van der Waals surface area contributed by atoms with Crippen LogP contribution in [0.1, 0.15) is 21.5 Å². The van der Waals surface area contributed by atoms with E-state index >= 15 is 0 Å². The van der Waals surface area contributed by atoms with Gasteiger partial charge in [-0.3, -0.25) is 9.36 Å². The molecule has 0 bridgehead atoms. The number of aryl methyl sites for hydroxylation is 1. The largest absolute Gasteiger partial charge is 0.465 e. The van der Waals surface area contributed by atoms with Gasteiger partial charge in [0.05, 0.1) is 29.6 Å². The van der Waals surface area contributed by atoms with Crippen LogP contribution in [0.3, 0.4) is 0 Å². The second-order valence-electron chi connectivity index (χ2n) is 6.08. The summed E-state index contributed by atoms with van der Waals surface area (Å²) in [5, 5.41) is 0.501. The van der Waals surface area contributed by atoms with Gasteiger partial charge in [-0.1, -0.05) is 17.7 Å². The van der Waals surface area contributed by atoms with Crippen LogP contribution in [0.25, 0.3) is 16.6 Å². The lowest BCUT2D eigenvalue weighted by molar-refractivity contribution is -0.137. The van der Waals surface area contributed by atoms with Crippen LogP contribution in [0.4, 0.5) is 18.9 Å². The number of nitrogen functional groups attached to an aromatic ring is 1. The van der Waals surface area contributed by atoms with Gasteiger partial charge in [-0.25, -0.2) is 4.79 Å². The zero-order chi connectivity index (χ0) is 20.8. The predicted molar refractivity (Wildman–Crippen MR) is 100 cm³/mol. The summed E-state index contributed by atoms with van der Waals surface area (Å²) in [6, 6.07) is 7.31. The van der Waals surface area contributed by atoms with E-state index in [9.17, 15) is 22.8 Å². The van der Waals surface area contributed by atoms with Gasteiger partial charge in [-0.2, -0.15) is 13.2 Å². The maximum Gasteiger partial charge on any atom is 0.416 e. The summed E-state index contributed by atoms with van der Waals surface area (Å²) in [4.78, 5) is 25.2. The number of anilines is 1. The smallest absolute Gasteiger partial charge is 0.416 e. The molecule has 3 aromatic rings. The normalized spacial score (nSPS) is 11.6. The Morgan fingerprint density at radius 2 is 1.86 bits per heavy atom. The van der Waals surface area contributed by atoms with Crippen molar-refractivity contribution in [3.8, 4) is 5.69 Å². The van der Waals surface area contributed by atoms with Crippen molar-refractivity contribution >= 4 is 34.2 Å². The standard InChI is InChI=1S/C19H14ClF3N2O3/c1-9-7-11(20)4-6-13(9)25-14-8-10(19(21,22)23)3-5-12(14)16(24)15(17(25)26)18(27)28-2/h3-8H,24H2,1-2H3. The van der Waals surface area contributed by atoms with Crippen molar-refractivity contribution in [2.75, 3.05) is 12.8 Å². The molecule has 2 N–H and O–H groups in total.